The zero-order valence-electron chi connectivity index (χ0n) is 15.2. The first kappa shape index (κ1) is 18.7. The molecule has 1 aromatic heterocycles. The summed E-state index contributed by atoms with van der Waals surface area (Å²) in [7, 11) is 3.73. The minimum atomic E-state index is -0.335. The van der Waals surface area contributed by atoms with E-state index in [1.165, 1.54) is 22.9 Å². The molecule has 1 atom stereocenters. The number of aromatic nitrogens is 2. The van der Waals surface area contributed by atoms with Crippen LogP contribution >= 0.6 is 0 Å². The number of hydrogen-bond donors (Lipinski definition) is 1. The first-order valence-corrected chi connectivity index (χ1v) is 8.59. The number of carbonyl (C=O) groups excluding carboxylic acids is 1. The van der Waals surface area contributed by atoms with Crippen molar-refractivity contribution in [2.45, 2.75) is 12.6 Å². The smallest absolute Gasteiger partial charge is 0.269 e. The monoisotopic (exact) mass is 368 g/mol. The summed E-state index contributed by atoms with van der Waals surface area (Å²) in [5.41, 5.74) is 1.69. The van der Waals surface area contributed by atoms with Crippen molar-refractivity contribution >= 4 is 16.9 Å². The van der Waals surface area contributed by atoms with Gasteiger partial charge < -0.3 is 10.2 Å². The maximum atomic E-state index is 13.5. The van der Waals surface area contributed by atoms with Gasteiger partial charge in [0.05, 0.1) is 23.3 Å². The summed E-state index contributed by atoms with van der Waals surface area (Å²) in [6, 6.07) is 13.3. The predicted octanol–water partition coefficient (Wildman–Crippen LogP) is 1.95. The molecule has 0 spiro atoms. The van der Waals surface area contributed by atoms with Gasteiger partial charge >= 0.3 is 0 Å². The third-order valence-electron chi connectivity index (χ3n) is 4.40. The van der Waals surface area contributed by atoms with Gasteiger partial charge in [0, 0.05) is 6.54 Å². The van der Waals surface area contributed by atoms with Crippen molar-refractivity contribution in [2.24, 2.45) is 0 Å². The van der Waals surface area contributed by atoms with Crippen LogP contribution in [0, 0.1) is 5.82 Å². The second kappa shape index (κ2) is 8.09. The summed E-state index contributed by atoms with van der Waals surface area (Å²) in [6.07, 6.45) is 1.21. The molecule has 7 heteroatoms. The van der Waals surface area contributed by atoms with Gasteiger partial charge in [0.25, 0.3) is 5.56 Å². The van der Waals surface area contributed by atoms with E-state index in [-0.39, 0.29) is 29.9 Å². The van der Waals surface area contributed by atoms with Crippen LogP contribution in [0.25, 0.3) is 11.0 Å². The number of amides is 1. The van der Waals surface area contributed by atoms with Crippen LogP contribution in [0.4, 0.5) is 4.39 Å². The van der Waals surface area contributed by atoms with Crippen molar-refractivity contribution in [1.82, 2.24) is 19.8 Å². The van der Waals surface area contributed by atoms with E-state index in [0.717, 1.165) is 5.56 Å². The fraction of sp³-hybridized carbons (Fsp3) is 0.250. The standard InChI is InChI=1S/C20H21FN4O2/c1-24(2)18(14-6-5-7-15(21)10-14)11-23-19(26)13-25-17-9-4-3-8-16(17)22-12-20(25)27/h3-10,12,18H,11,13H2,1-2H3,(H,23,26). The van der Waals surface area contributed by atoms with E-state index >= 15 is 0 Å². The van der Waals surface area contributed by atoms with E-state index in [9.17, 15) is 14.0 Å². The minimum absolute atomic E-state index is 0.106. The number of nitrogens with zero attached hydrogens (tertiary/aromatic N) is 3. The molecule has 0 aliphatic carbocycles. The van der Waals surface area contributed by atoms with Crippen LogP contribution in [-0.2, 0) is 11.3 Å². The summed E-state index contributed by atoms with van der Waals surface area (Å²) in [6.45, 7) is 0.193. The van der Waals surface area contributed by atoms with Crippen molar-refractivity contribution in [1.29, 1.82) is 0 Å². The highest BCUT2D eigenvalue weighted by Gasteiger charge is 2.16. The normalized spacial score (nSPS) is 12.3. The number of fused-ring (bicyclic) bond motifs is 1. The fourth-order valence-corrected chi connectivity index (χ4v) is 3.00. The zero-order valence-corrected chi connectivity index (χ0v) is 15.2. The topological polar surface area (TPSA) is 67.2 Å². The van der Waals surface area contributed by atoms with Gasteiger partial charge in [0.1, 0.15) is 12.4 Å². The molecule has 1 heterocycles. The Hall–Kier alpha value is -3.06. The molecule has 0 saturated carbocycles. The Kier molecular flexibility index (Phi) is 5.61. The van der Waals surface area contributed by atoms with Gasteiger partial charge in [-0.3, -0.25) is 14.2 Å². The van der Waals surface area contributed by atoms with Crippen LogP contribution in [0.5, 0.6) is 0 Å². The van der Waals surface area contributed by atoms with Crippen LogP contribution in [0.15, 0.2) is 59.5 Å². The molecule has 27 heavy (non-hydrogen) atoms. The number of carbonyl (C=O) groups is 1. The molecule has 0 aliphatic rings. The molecule has 1 unspecified atom stereocenters. The average molecular weight is 368 g/mol. The van der Waals surface area contributed by atoms with Gasteiger partial charge in [-0.15, -0.1) is 0 Å². The van der Waals surface area contributed by atoms with Crippen LogP contribution in [0.3, 0.4) is 0 Å². The van der Waals surface area contributed by atoms with Gasteiger partial charge in [0.15, 0.2) is 0 Å². The van der Waals surface area contributed by atoms with Crippen molar-refractivity contribution in [2.75, 3.05) is 20.6 Å². The van der Waals surface area contributed by atoms with Gasteiger partial charge in [-0.25, -0.2) is 9.37 Å². The van der Waals surface area contributed by atoms with Gasteiger partial charge in [-0.2, -0.15) is 0 Å². The Morgan fingerprint density at radius 3 is 2.74 bits per heavy atom. The van der Waals surface area contributed by atoms with Crippen LogP contribution in [0.1, 0.15) is 11.6 Å². The quantitative estimate of drug-likeness (QED) is 0.722. The summed E-state index contributed by atoms with van der Waals surface area (Å²) < 4.78 is 14.9. The Morgan fingerprint density at radius 1 is 1.22 bits per heavy atom. The highest BCUT2D eigenvalue weighted by atomic mass is 19.1. The fourth-order valence-electron chi connectivity index (χ4n) is 3.00. The summed E-state index contributed by atoms with van der Waals surface area (Å²) in [4.78, 5) is 30.6. The van der Waals surface area contributed by atoms with Crippen LogP contribution < -0.4 is 10.9 Å². The molecule has 0 radical (unpaired) electrons. The molecule has 0 bridgehead atoms. The van der Waals surface area contributed by atoms with E-state index in [1.54, 1.807) is 24.3 Å². The Balaban J connectivity index is 1.74. The number of likely N-dealkylation sites (N-methyl/N-ethyl adjacent to an activating group) is 1. The van der Waals surface area contributed by atoms with Crippen molar-refractivity contribution in [3.8, 4) is 0 Å². The molecule has 0 aliphatic heterocycles. The molecule has 0 fully saturated rings. The lowest BCUT2D eigenvalue weighted by Crippen LogP contribution is -2.38. The first-order chi connectivity index (χ1) is 13.0. The Morgan fingerprint density at radius 2 is 2.00 bits per heavy atom. The van der Waals surface area contributed by atoms with Crippen molar-refractivity contribution in [3.05, 3.63) is 76.5 Å². The largest absolute Gasteiger partial charge is 0.353 e. The lowest BCUT2D eigenvalue weighted by atomic mass is 10.1. The van der Waals surface area contributed by atoms with Gasteiger partial charge in [-0.05, 0) is 43.9 Å². The third kappa shape index (κ3) is 4.38. The van der Waals surface area contributed by atoms with E-state index in [2.05, 4.69) is 10.3 Å². The van der Waals surface area contributed by atoms with E-state index in [1.807, 2.05) is 31.1 Å². The number of halogens is 1. The van der Waals surface area contributed by atoms with E-state index < -0.39 is 0 Å². The van der Waals surface area contributed by atoms with Crippen molar-refractivity contribution in [3.63, 3.8) is 0 Å². The Bertz CT molecular complexity index is 1020. The minimum Gasteiger partial charge on any atom is -0.353 e. The maximum absolute atomic E-state index is 13.5. The molecule has 1 N–H and O–H groups in total. The van der Waals surface area contributed by atoms with Crippen LogP contribution in [0.2, 0.25) is 0 Å². The number of benzene rings is 2. The van der Waals surface area contributed by atoms with E-state index in [4.69, 9.17) is 0 Å². The Labute approximate surface area is 156 Å². The number of rotatable bonds is 6. The first-order valence-electron chi connectivity index (χ1n) is 8.59. The number of hydrogen-bond acceptors (Lipinski definition) is 4. The average Bonchev–Trinajstić information content (AvgIpc) is 2.64. The van der Waals surface area contributed by atoms with Crippen molar-refractivity contribution < 1.29 is 9.18 Å². The maximum Gasteiger partial charge on any atom is 0.269 e. The highest BCUT2D eigenvalue weighted by Crippen LogP contribution is 2.18. The molecule has 3 aromatic rings. The molecule has 0 saturated heterocycles. The summed E-state index contributed by atoms with van der Waals surface area (Å²) >= 11 is 0. The molecule has 1 amide bonds. The van der Waals surface area contributed by atoms with Gasteiger partial charge in [0.2, 0.25) is 5.91 Å². The molecular weight excluding hydrogens is 347 g/mol. The lowest BCUT2D eigenvalue weighted by Gasteiger charge is -2.25. The molecule has 3 rings (SSSR count). The van der Waals surface area contributed by atoms with E-state index in [0.29, 0.717) is 17.6 Å². The lowest BCUT2D eigenvalue weighted by molar-refractivity contribution is -0.121. The number of nitrogens with one attached hydrogen (secondary N) is 1. The molecule has 2 aromatic carbocycles. The molecular formula is C20H21FN4O2. The summed E-state index contributed by atoms with van der Waals surface area (Å²) in [5, 5.41) is 2.84. The summed E-state index contributed by atoms with van der Waals surface area (Å²) in [5.74, 6) is -0.614. The second-order valence-electron chi connectivity index (χ2n) is 6.51. The predicted molar refractivity (Wildman–Crippen MR) is 102 cm³/mol. The zero-order chi connectivity index (χ0) is 19.4. The second-order valence-corrected chi connectivity index (χ2v) is 6.51. The number of para-hydroxylation sites is 2. The molecule has 140 valence electrons. The molecule has 6 nitrogen and oxygen atoms in total. The van der Waals surface area contributed by atoms with Crippen LogP contribution in [-0.4, -0.2) is 41.0 Å². The van der Waals surface area contributed by atoms with Gasteiger partial charge in [-0.1, -0.05) is 24.3 Å². The third-order valence-corrected chi connectivity index (χ3v) is 4.40. The SMILES string of the molecule is CN(C)C(CNC(=O)Cn1c(=O)cnc2ccccc21)c1cccc(F)c1. The highest BCUT2D eigenvalue weighted by molar-refractivity contribution is 5.79.